The lowest BCUT2D eigenvalue weighted by molar-refractivity contribution is -0.114. The van der Waals surface area contributed by atoms with Crippen molar-refractivity contribution >= 4 is 40.8 Å². The first-order valence-electron chi connectivity index (χ1n) is 11.9. The molecule has 1 aromatic heterocycles. The summed E-state index contributed by atoms with van der Waals surface area (Å²) in [6.07, 6.45) is 0. The molecule has 37 heavy (non-hydrogen) atoms. The van der Waals surface area contributed by atoms with Gasteiger partial charge < -0.3 is 26.0 Å². The number of aromatic nitrogens is 3. The maximum atomic E-state index is 12.6. The lowest BCUT2D eigenvalue weighted by Crippen LogP contribution is -2.23. The van der Waals surface area contributed by atoms with Gasteiger partial charge in [0.15, 0.2) is 0 Å². The van der Waals surface area contributed by atoms with Crippen LogP contribution in [0.4, 0.5) is 34.9 Å². The zero-order valence-corrected chi connectivity index (χ0v) is 21.6. The van der Waals surface area contributed by atoms with E-state index in [1.54, 1.807) is 19.2 Å². The van der Waals surface area contributed by atoms with Crippen molar-refractivity contribution in [2.24, 2.45) is 0 Å². The fourth-order valence-electron chi connectivity index (χ4n) is 4.02. The SMILES string of the molecule is COc1ccccc1NC(=O)CNc1nc(Nc2cc(C)cc(C)c2)nc(Nc2cc(C)cc(C)c2)n1. The molecule has 1 heterocycles. The number of aryl methyl sites for hydroxylation is 4. The van der Waals surface area contributed by atoms with Gasteiger partial charge in [-0.2, -0.15) is 15.0 Å². The molecule has 4 aromatic rings. The largest absolute Gasteiger partial charge is 0.495 e. The maximum absolute atomic E-state index is 12.6. The monoisotopic (exact) mass is 497 g/mol. The Morgan fingerprint density at radius 1 is 0.730 bits per heavy atom. The summed E-state index contributed by atoms with van der Waals surface area (Å²) in [4.78, 5) is 26.2. The van der Waals surface area contributed by atoms with E-state index >= 15 is 0 Å². The highest BCUT2D eigenvalue weighted by molar-refractivity contribution is 5.94. The lowest BCUT2D eigenvalue weighted by Gasteiger charge is -2.13. The molecule has 0 saturated heterocycles. The van der Waals surface area contributed by atoms with Crippen LogP contribution in [0.25, 0.3) is 0 Å². The van der Waals surface area contributed by atoms with E-state index in [1.807, 2.05) is 64.1 Å². The molecule has 0 unspecified atom stereocenters. The smallest absolute Gasteiger partial charge is 0.243 e. The molecule has 4 N–H and O–H groups in total. The number of nitrogens with one attached hydrogen (secondary N) is 4. The third-order valence-corrected chi connectivity index (χ3v) is 5.38. The Morgan fingerprint density at radius 3 is 1.73 bits per heavy atom. The Morgan fingerprint density at radius 2 is 1.22 bits per heavy atom. The number of methoxy groups -OCH3 is 1. The zero-order chi connectivity index (χ0) is 26.4. The number of ether oxygens (including phenoxy) is 1. The molecule has 190 valence electrons. The number of carbonyl (C=O) groups excluding carboxylic acids is 1. The predicted octanol–water partition coefficient (Wildman–Crippen LogP) is 5.65. The van der Waals surface area contributed by atoms with Gasteiger partial charge in [0.2, 0.25) is 23.8 Å². The summed E-state index contributed by atoms with van der Waals surface area (Å²) in [5.74, 6) is 1.26. The zero-order valence-electron chi connectivity index (χ0n) is 21.6. The van der Waals surface area contributed by atoms with E-state index in [0.29, 0.717) is 23.3 Å². The molecule has 0 aliphatic carbocycles. The Balaban J connectivity index is 1.56. The summed E-state index contributed by atoms with van der Waals surface area (Å²) in [5.41, 5.74) is 6.80. The minimum atomic E-state index is -0.266. The molecule has 0 aliphatic rings. The molecular formula is C28H31N7O2. The number of para-hydroxylation sites is 2. The van der Waals surface area contributed by atoms with Crippen LogP contribution in [0.5, 0.6) is 5.75 Å². The first-order valence-corrected chi connectivity index (χ1v) is 11.9. The molecule has 1 amide bonds. The highest BCUT2D eigenvalue weighted by Crippen LogP contribution is 2.24. The Hall–Kier alpha value is -4.66. The van der Waals surface area contributed by atoms with Crippen LogP contribution < -0.4 is 26.0 Å². The van der Waals surface area contributed by atoms with Gasteiger partial charge in [0.1, 0.15) is 5.75 Å². The molecule has 0 radical (unpaired) electrons. The normalized spacial score (nSPS) is 10.5. The summed E-state index contributed by atoms with van der Waals surface area (Å²) >= 11 is 0. The van der Waals surface area contributed by atoms with Crippen LogP contribution in [0.2, 0.25) is 0 Å². The number of hydrogen-bond donors (Lipinski definition) is 4. The van der Waals surface area contributed by atoms with Gasteiger partial charge in [-0.3, -0.25) is 4.79 Å². The van der Waals surface area contributed by atoms with Crippen LogP contribution >= 0.6 is 0 Å². The van der Waals surface area contributed by atoms with Crippen molar-refractivity contribution < 1.29 is 9.53 Å². The third-order valence-electron chi connectivity index (χ3n) is 5.38. The summed E-state index contributed by atoms with van der Waals surface area (Å²) in [7, 11) is 1.56. The minimum absolute atomic E-state index is 0.0476. The van der Waals surface area contributed by atoms with Gasteiger partial charge in [0.05, 0.1) is 19.3 Å². The Bertz CT molecular complexity index is 1310. The highest BCUT2D eigenvalue weighted by Gasteiger charge is 2.12. The molecular weight excluding hydrogens is 466 g/mol. The molecule has 0 spiro atoms. The lowest BCUT2D eigenvalue weighted by atomic mass is 10.1. The van der Waals surface area contributed by atoms with E-state index in [9.17, 15) is 4.79 Å². The van der Waals surface area contributed by atoms with Crippen molar-refractivity contribution in [2.45, 2.75) is 27.7 Å². The molecule has 0 saturated carbocycles. The highest BCUT2D eigenvalue weighted by atomic mass is 16.5. The van der Waals surface area contributed by atoms with Crippen molar-refractivity contribution in [1.82, 2.24) is 15.0 Å². The first-order chi connectivity index (χ1) is 17.8. The number of carbonyl (C=O) groups is 1. The minimum Gasteiger partial charge on any atom is -0.495 e. The molecule has 0 aliphatic heterocycles. The number of anilines is 6. The van der Waals surface area contributed by atoms with Gasteiger partial charge in [-0.25, -0.2) is 0 Å². The van der Waals surface area contributed by atoms with E-state index in [-0.39, 0.29) is 18.4 Å². The quantitative estimate of drug-likeness (QED) is 0.235. The summed E-state index contributed by atoms with van der Waals surface area (Å²) in [5, 5.41) is 12.4. The molecule has 9 heteroatoms. The van der Waals surface area contributed by atoms with Gasteiger partial charge in [-0.15, -0.1) is 0 Å². The van der Waals surface area contributed by atoms with Crippen LogP contribution in [0, 0.1) is 27.7 Å². The van der Waals surface area contributed by atoms with E-state index in [4.69, 9.17) is 4.74 Å². The van der Waals surface area contributed by atoms with E-state index in [0.717, 1.165) is 33.6 Å². The van der Waals surface area contributed by atoms with E-state index in [2.05, 4.69) is 48.4 Å². The predicted molar refractivity (Wildman–Crippen MR) is 148 cm³/mol. The topological polar surface area (TPSA) is 113 Å². The van der Waals surface area contributed by atoms with E-state index in [1.165, 1.54) is 0 Å². The second kappa shape index (κ2) is 11.4. The van der Waals surface area contributed by atoms with Gasteiger partial charge in [0, 0.05) is 11.4 Å². The average molecular weight is 498 g/mol. The first kappa shape index (κ1) is 25.4. The third kappa shape index (κ3) is 7.17. The van der Waals surface area contributed by atoms with Crippen LogP contribution in [0.3, 0.4) is 0 Å². The second-order valence-electron chi connectivity index (χ2n) is 8.91. The maximum Gasteiger partial charge on any atom is 0.243 e. The molecule has 0 fully saturated rings. The Labute approximate surface area is 216 Å². The summed E-state index contributed by atoms with van der Waals surface area (Å²) < 4.78 is 5.30. The Kier molecular flexibility index (Phi) is 7.83. The standard InChI is InChI=1S/C28H31N7O2/c1-17-10-18(2)13-21(12-17)30-27-33-26(29-16-25(36)32-23-8-6-7-9-24(23)37-5)34-28(35-27)31-22-14-19(3)11-20(4)15-22/h6-15H,16H2,1-5H3,(H,32,36)(H3,29,30,31,33,34,35). The fourth-order valence-corrected chi connectivity index (χ4v) is 4.02. The van der Waals surface area contributed by atoms with Gasteiger partial charge in [-0.1, -0.05) is 24.3 Å². The van der Waals surface area contributed by atoms with Crippen molar-refractivity contribution in [3.05, 3.63) is 82.9 Å². The summed E-state index contributed by atoms with van der Waals surface area (Å²) in [6.45, 7) is 8.09. The number of hydrogen-bond acceptors (Lipinski definition) is 8. The van der Waals surface area contributed by atoms with Crippen molar-refractivity contribution in [2.75, 3.05) is 34.9 Å². The van der Waals surface area contributed by atoms with Crippen molar-refractivity contribution in [3.63, 3.8) is 0 Å². The molecule has 0 bridgehead atoms. The molecule has 4 rings (SSSR count). The summed E-state index contributed by atoms with van der Waals surface area (Å²) in [6, 6.07) is 19.5. The van der Waals surface area contributed by atoms with Crippen LogP contribution in [-0.4, -0.2) is 34.5 Å². The van der Waals surface area contributed by atoms with Crippen molar-refractivity contribution in [1.29, 1.82) is 0 Å². The van der Waals surface area contributed by atoms with Crippen LogP contribution in [-0.2, 0) is 4.79 Å². The van der Waals surface area contributed by atoms with Crippen LogP contribution in [0.1, 0.15) is 22.3 Å². The van der Waals surface area contributed by atoms with Gasteiger partial charge in [0.25, 0.3) is 0 Å². The van der Waals surface area contributed by atoms with Gasteiger partial charge >= 0.3 is 0 Å². The molecule has 0 atom stereocenters. The van der Waals surface area contributed by atoms with Crippen LogP contribution in [0.15, 0.2) is 60.7 Å². The van der Waals surface area contributed by atoms with Gasteiger partial charge in [-0.05, 0) is 86.3 Å². The molecule has 9 nitrogen and oxygen atoms in total. The molecule has 3 aromatic carbocycles. The number of amides is 1. The number of nitrogens with zero attached hydrogens (tertiary/aromatic N) is 3. The average Bonchev–Trinajstić information content (AvgIpc) is 2.82. The number of benzene rings is 3. The number of rotatable bonds is 9. The second-order valence-corrected chi connectivity index (χ2v) is 8.91. The fraction of sp³-hybridized carbons (Fsp3) is 0.214. The van der Waals surface area contributed by atoms with E-state index < -0.39 is 0 Å². The van der Waals surface area contributed by atoms with Crippen molar-refractivity contribution in [3.8, 4) is 5.75 Å².